The first kappa shape index (κ1) is 22.0. The fourth-order valence-electron chi connectivity index (χ4n) is 4.59. The van der Waals surface area contributed by atoms with E-state index in [-0.39, 0.29) is 17.9 Å². The quantitative estimate of drug-likeness (QED) is 0.113. The second-order valence-electron chi connectivity index (χ2n) is 8.29. The van der Waals surface area contributed by atoms with Crippen molar-refractivity contribution in [3.8, 4) is 5.75 Å². The average molecular weight is 417 g/mol. The number of carbonyl (C=O) groups excluding carboxylic acids is 2. The van der Waals surface area contributed by atoms with Crippen LogP contribution in [-0.4, -0.2) is 30.3 Å². The number of esters is 1. The molecule has 0 radical (unpaired) electrons. The molecule has 1 aromatic rings. The number of fused-ring (bicyclic) bond motifs is 1. The van der Waals surface area contributed by atoms with Gasteiger partial charge in [0.15, 0.2) is 0 Å². The minimum absolute atomic E-state index is 0.141. The Morgan fingerprint density at radius 2 is 1.97 bits per heavy atom. The number of benzene rings is 1. The van der Waals surface area contributed by atoms with Crippen LogP contribution in [0.25, 0.3) is 0 Å². The van der Waals surface area contributed by atoms with Crippen LogP contribution in [0.15, 0.2) is 29.4 Å². The highest BCUT2D eigenvalue weighted by Crippen LogP contribution is 2.40. The summed E-state index contributed by atoms with van der Waals surface area (Å²) in [6, 6.07) is 6.51. The van der Waals surface area contributed by atoms with Crippen molar-refractivity contribution >= 4 is 23.4 Å². The van der Waals surface area contributed by atoms with Crippen molar-refractivity contribution < 1.29 is 14.3 Å². The topological polar surface area (TPSA) is 144 Å². The van der Waals surface area contributed by atoms with Gasteiger partial charge in [0.25, 0.3) is 0 Å². The lowest BCUT2D eigenvalue weighted by Crippen LogP contribution is -2.50. The van der Waals surface area contributed by atoms with Gasteiger partial charge in [0.1, 0.15) is 17.6 Å². The molecule has 2 fully saturated rings. The summed E-state index contributed by atoms with van der Waals surface area (Å²) in [5.41, 5.74) is 8.72. The molecule has 4 unspecified atom stereocenters. The molecule has 9 nitrogen and oxygen atoms in total. The molecule has 0 bridgehead atoms. The van der Waals surface area contributed by atoms with Gasteiger partial charge in [0.2, 0.25) is 5.91 Å². The molecule has 3 rings (SSSR count). The summed E-state index contributed by atoms with van der Waals surface area (Å²) in [7, 11) is 0. The smallest absolute Gasteiger partial charge is 0.328 e. The molecule has 9 heteroatoms. The maximum atomic E-state index is 12.7. The van der Waals surface area contributed by atoms with Crippen molar-refractivity contribution in [1.29, 1.82) is 0 Å². The highest BCUT2D eigenvalue weighted by atomic mass is 16.5. The predicted octanol–water partition coefficient (Wildman–Crippen LogP) is 1.46. The fourth-order valence-corrected chi connectivity index (χ4v) is 4.59. The fraction of sp³-hybridized carbons (Fsp3) is 0.571. The van der Waals surface area contributed by atoms with Gasteiger partial charge in [-0.3, -0.25) is 4.79 Å². The van der Waals surface area contributed by atoms with Crippen LogP contribution in [0.1, 0.15) is 45.4 Å². The van der Waals surface area contributed by atoms with Gasteiger partial charge < -0.3 is 21.1 Å². The standard InChI is InChI=1S/C21H32N6O3/c1-13(28)25-17-5-7-18(8-6-17)30-21(29)19-11-16-10-14(2-4-15(16)12-24-19)3-9-20(22)26-27-23/h5-8,14-16,19,24,27H,2-4,9-12,23H2,1H3,(H2,22,26)(H,25,28). The third-order valence-electron chi connectivity index (χ3n) is 6.11. The van der Waals surface area contributed by atoms with Crippen LogP contribution in [0.3, 0.4) is 0 Å². The summed E-state index contributed by atoms with van der Waals surface area (Å²) in [5.74, 6) is 7.48. The van der Waals surface area contributed by atoms with Gasteiger partial charge in [0.05, 0.1) is 0 Å². The number of hydrazine groups is 1. The van der Waals surface area contributed by atoms with Crippen LogP contribution in [0, 0.1) is 17.8 Å². The Hall–Kier alpha value is -2.65. The van der Waals surface area contributed by atoms with E-state index in [9.17, 15) is 9.59 Å². The molecule has 1 amide bonds. The minimum atomic E-state index is -0.298. The van der Waals surface area contributed by atoms with Crippen LogP contribution < -0.4 is 32.5 Å². The van der Waals surface area contributed by atoms with Crippen molar-refractivity contribution in [3.63, 3.8) is 0 Å². The molecule has 1 saturated carbocycles. The van der Waals surface area contributed by atoms with Gasteiger partial charge in [-0.15, -0.1) is 0 Å². The summed E-state index contributed by atoms with van der Waals surface area (Å²) < 4.78 is 5.56. The first-order valence-corrected chi connectivity index (χ1v) is 10.5. The lowest BCUT2D eigenvalue weighted by atomic mass is 9.69. The number of carbonyl (C=O) groups is 2. The molecular weight excluding hydrogens is 384 g/mol. The normalized spacial score (nSPS) is 26.4. The number of anilines is 1. The van der Waals surface area contributed by atoms with Crippen LogP contribution >= 0.6 is 0 Å². The number of hydrogen-bond acceptors (Lipinski definition) is 7. The number of amides is 1. The summed E-state index contributed by atoms with van der Waals surface area (Å²) in [4.78, 5) is 23.8. The zero-order chi connectivity index (χ0) is 21.5. The van der Waals surface area contributed by atoms with Crippen LogP contribution in [0.4, 0.5) is 5.69 Å². The Kier molecular flexibility index (Phi) is 7.64. The van der Waals surface area contributed by atoms with Crippen molar-refractivity contribution in [2.75, 3.05) is 11.9 Å². The summed E-state index contributed by atoms with van der Waals surface area (Å²) in [5, 5.41) is 9.87. The second-order valence-corrected chi connectivity index (χ2v) is 8.29. The number of nitrogens with one attached hydrogen (secondary N) is 3. The number of piperidine rings is 1. The first-order chi connectivity index (χ1) is 14.4. The predicted molar refractivity (Wildman–Crippen MR) is 115 cm³/mol. The SMILES string of the molecule is CC(=O)Nc1ccc(OC(=O)C2CC3CC(CC/C(N)=N/NN)CCC3CN2)cc1. The Bertz CT molecular complexity index is 767. The molecule has 7 N–H and O–H groups in total. The summed E-state index contributed by atoms with van der Waals surface area (Å²) in [6.07, 6.45) is 5.96. The largest absolute Gasteiger partial charge is 0.425 e. The van der Waals surface area contributed by atoms with Gasteiger partial charge >= 0.3 is 5.97 Å². The number of nitrogens with zero attached hydrogens (tertiary/aromatic N) is 1. The number of rotatable bonds is 7. The number of ether oxygens (including phenoxy) is 1. The number of hydrogen-bond donors (Lipinski definition) is 5. The van der Waals surface area contributed by atoms with E-state index in [2.05, 4.69) is 21.3 Å². The van der Waals surface area contributed by atoms with Crippen LogP contribution in [0.5, 0.6) is 5.75 Å². The Morgan fingerprint density at radius 1 is 1.20 bits per heavy atom. The molecule has 1 saturated heterocycles. The maximum absolute atomic E-state index is 12.7. The highest BCUT2D eigenvalue weighted by molar-refractivity contribution is 5.88. The lowest BCUT2D eigenvalue weighted by Gasteiger charge is -2.42. The van der Waals surface area contributed by atoms with E-state index in [4.69, 9.17) is 16.3 Å². The Labute approximate surface area is 176 Å². The Morgan fingerprint density at radius 3 is 2.67 bits per heavy atom. The number of amidine groups is 1. The molecule has 30 heavy (non-hydrogen) atoms. The molecule has 1 aromatic carbocycles. The van der Waals surface area contributed by atoms with Crippen molar-refractivity contribution in [1.82, 2.24) is 10.9 Å². The van der Waals surface area contributed by atoms with E-state index < -0.39 is 0 Å². The second kappa shape index (κ2) is 10.4. The molecule has 4 atom stereocenters. The van der Waals surface area contributed by atoms with Crippen LogP contribution in [-0.2, 0) is 9.59 Å². The van der Waals surface area contributed by atoms with E-state index in [1.165, 1.54) is 19.8 Å². The molecule has 0 aromatic heterocycles. The van der Waals surface area contributed by atoms with Crippen molar-refractivity contribution in [3.05, 3.63) is 24.3 Å². The van der Waals surface area contributed by atoms with Gasteiger partial charge in [-0.25, -0.2) is 16.2 Å². The zero-order valence-electron chi connectivity index (χ0n) is 17.4. The lowest BCUT2D eigenvalue weighted by molar-refractivity contribution is -0.138. The van der Waals surface area contributed by atoms with E-state index in [1.807, 2.05) is 0 Å². The molecule has 0 spiro atoms. The van der Waals surface area contributed by atoms with Gasteiger partial charge in [-0.2, -0.15) is 5.10 Å². The third kappa shape index (κ3) is 6.17. The highest BCUT2D eigenvalue weighted by Gasteiger charge is 2.38. The molecule has 164 valence electrons. The first-order valence-electron chi connectivity index (χ1n) is 10.5. The van der Waals surface area contributed by atoms with Gasteiger partial charge in [-0.1, -0.05) is 6.42 Å². The monoisotopic (exact) mass is 416 g/mol. The minimum Gasteiger partial charge on any atom is -0.425 e. The molecule has 1 heterocycles. The van der Waals surface area contributed by atoms with Gasteiger partial charge in [-0.05, 0) is 74.2 Å². The van der Waals surface area contributed by atoms with E-state index in [1.54, 1.807) is 24.3 Å². The summed E-state index contributed by atoms with van der Waals surface area (Å²) >= 11 is 0. The Balaban J connectivity index is 1.50. The average Bonchev–Trinajstić information content (AvgIpc) is 2.73. The zero-order valence-corrected chi connectivity index (χ0v) is 17.4. The van der Waals surface area contributed by atoms with Crippen molar-refractivity contribution in [2.45, 2.75) is 51.5 Å². The maximum Gasteiger partial charge on any atom is 0.328 e. The van der Waals surface area contributed by atoms with E-state index >= 15 is 0 Å². The van der Waals surface area contributed by atoms with E-state index in [0.717, 1.165) is 32.2 Å². The number of nitrogens with two attached hydrogens (primary N) is 2. The van der Waals surface area contributed by atoms with Crippen LogP contribution in [0.2, 0.25) is 0 Å². The van der Waals surface area contributed by atoms with Crippen molar-refractivity contribution in [2.24, 2.45) is 34.4 Å². The third-order valence-corrected chi connectivity index (χ3v) is 6.11. The molecule has 1 aliphatic carbocycles. The van der Waals surface area contributed by atoms with E-state index in [0.29, 0.717) is 35.0 Å². The molecule has 2 aliphatic rings. The molecule has 1 aliphatic heterocycles. The molecular formula is C21H32N6O3. The van der Waals surface area contributed by atoms with Gasteiger partial charge in [0, 0.05) is 19.0 Å². The number of hydrazone groups is 1. The summed E-state index contributed by atoms with van der Waals surface area (Å²) in [6.45, 7) is 2.30.